The second kappa shape index (κ2) is 25.6. The largest absolute Gasteiger partial charge is 0.460 e. The third kappa shape index (κ3) is 26.4. The molecular formula is C52H75N5O17. The van der Waals surface area contributed by atoms with E-state index in [4.69, 9.17) is 37.9 Å². The summed E-state index contributed by atoms with van der Waals surface area (Å²) in [5.74, 6) is -5.89. The standard InChI is InChI=1S/C52H75N5O17/c1-47(2,3)69-38(59)27-35(41(62)71-49(7,8)9)54-37(58)29-57(36(42(63)72-50(10,11)12)28-39(60)70-48(4,5)6)46(66)67-30-31-19-25-34(26-20-31)68-40(61)32-21-23-33(24-22-32)53-43(55-44(64)73-51(13,14)15)56-45(65)74-52(16,17)18/h19-26,35-36H,27-30H2,1-18H3,(H,54,58)(H2,53,55,56,64,65). The summed E-state index contributed by atoms with van der Waals surface area (Å²) in [5.41, 5.74) is -5.09. The summed E-state index contributed by atoms with van der Waals surface area (Å²) in [6.45, 7) is 27.5. The minimum atomic E-state index is -1.80. The lowest BCUT2D eigenvalue weighted by molar-refractivity contribution is -0.168. The first-order chi connectivity index (χ1) is 33.5. The number of anilines is 1. The Kier molecular flexibility index (Phi) is 21.7. The van der Waals surface area contributed by atoms with Crippen LogP contribution in [0.1, 0.15) is 153 Å². The highest BCUT2D eigenvalue weighted by Crippen LogP contribution is 2.22. The third-order valence-electron chi connectivity index (χ3n) is 8.30. The Morgan fingerprint density at radius 1 is 0.554 bits per heavy atom. The maximum Gasteiger partial charge on any atom is 0.437 e. The quantitative estimate of drug-likeness (QED) is 0.0500. The van der Waals surface area contributed by atoms with Crippen LogP contribution in [0.3, 0.4) is 0 Å². The van der Waals surface area contributed by atoms with E-state index in [0.717, 1.165) is 0 Å². The van der Waals surface area contributed by atoms with E-state index < -0.39 is 126 Å². The Morgan fingerprint density at radius 2 is 1.03 bits per heavy atom. The predicted molar refractivity (Wildman–Crippen MR) is 270 cm³/mol. The lowest BCUT2D eigenvalue weighted by Crippen LogP contribution is -2.54. The van der Waals surface area contributed by atoms with Crippen LogP contribution in [0.15, 0.2) is 53.5 Å². The topological polar surface area (TPSA) is 279 Å². The van der Waals surface area contributed by atoms with E-state index in [-0.39, 0.29) is 17.3 Å². The van der Waals surface area contributed by atoms with E-state index in [0.29, 0.717) is 16.2 Å². The van der Waals surface area contributed by atoms with Crippen LogP contribution in [0.5, 0.6) is 5.75 Å². The number of esters is 5. The number of guanidine groups is 1. The number of hydrogen-bond donors (Lipinski definition) is 3. The normalized spacial score (nSPS) is 13.1. The molecule has 0 saturated carbocycles. The molecule has 0 spiro atoms. The molecule has 22 nitrogen and oxygen atoms in total. The number of alkyl carbamates (subject to hydrolysis) is 1. The first-order valence-corrected chi connectivity index (χ1v) is 23.7. The molecule has 0 aliphatic carbocycles. The molecule has 2 aromatic carbocycles. The van der Waals surface area contributed by atoms with E-state index in [2.05, 4.69) is 20.9 Å². The molecule has 0 fully saturated rings. The Morgan fingerprint density at radius 3 is 1.51 bits per heavy atom. The van der Waals surface area contributed by atoms with Gasteiger partial charge in [0.25, 0.3) is 0 Å². The van der Waals surface area contributed by atoms with E-state index in [1.807, 2.05) is 0 Å². The predicted octanol–water partition coefficient (Wildman–Crippen LogP) is 8.07. The van der Waals surface area contributed by atoms with Crippen LogP contribution < -0.4 is 20.7 Å². The van der Waals surface area contributed by atoms with Gasteiger partial charge in [-0.3, -0.25) is 24.6 Å². The molecule has 0 aliphatic rings. The fourth-order valence-electron chi connectivity index (χ4n) is 5.78. The van der Waals surface area contributed by atoms with E-state index in [1.165, 1.54) is 48.5 Å². The van der Waals surface area contributed by atoms with Crippen molar-refractivity contribution in [1.29, 1.82) is 0 Å². The highest BCUT2D eigenvalue weighted by molar-refractivity contribution is 6.06. The molecule has 2 aromatic rings. The average Bonchev–Trinajstić information content (AvgIpc) is 3.17. The van der Waals surface area contributed by atoms with Crippen molar-refractivity contribution in [2.45, 2.75) is 190 Å². The second-order valence-corrected chi connectivity index (χ2v) is 22.8. The van der Waals surface area contributed by atoms with Crippen molar-refractivity contribution in [3.05, 3.63) is 59.7 Å². The first-order valence-electron chi connectivity index (χ1n) is 23.7. The summed E-state index contributed by atoms with van der Waals surface area (Å²) in [4.78, 5) is 124. The van der Waals surface area contributed by atoms with Gasteiger partial charge in [-0.05, 0) is 167 Å². The highest BCUT2D eigenvalue weighted by Gasteiger charge is 2.40. The lowest BCUT2D eigenvalue weighted by Gasteiger charge is -2.32. The van der Waals surface area contributed by atoms with Crippen molar-refractivity contribution in [2.75, 3.05) is 11.9 Å². The summed E-state index contributed by atoms with van der Waals surface area (Å²) in [6, 6.07) is 8.11. The van der Waals surface area contributed by atoms with Gasteiger partial charge in [-0.25, -0.2) is 28.8 Å². The van der Waals surface area contributed by atoms with Crippen LogP contribution in [0.4, 0.5) is 20.1 Å². The minimum absolute atomic E-state index is 0.0900. The van der Waals surface area contributed by atoms with Crippen molar-refractivity contribution in [3.8, 4) is 5.75 Å². The van der Waals surface area contributed by atoms with Crippen molar-refractivity contribution in [1.82, 2.24) is 15.5 Å². The number of amides is 4. The maximum atomic E-state index is 14.1. The summed E-state index contributed by atoms with van der Waals surface area (Å²) in [7, 11) is 0. The van der Waals surface area contributed by atoms with Gasteiger partial charge in [0.2, 0.25) is 11.9 Å². The lowest BCUT2D eigenvalue weighted by atomic mass is 10.1. The Labute approximate surface area is 433 Å². The number of nitrogens with one attached hydrogen (secondary N) is 3. The van der Waals surface area contributed by atoms with Gasteiger partial charge in [0, 0.05) is 5.69 Å². The van der Waals surface area contributed by atoms with E-state index in [1.54, 1.807) is 125 Å². The summed E-state index contributed by atoms with van der Waals surface area (Å²) in [5, 5.41) is 7.56. The number of rotatable bonds is 15. The number of carbonyl (C=O) groups excluding carboxylic acids is 9. The fraction of sp³-hybridized carbons (Fsp3) is 0.577. The van der Waals surface area contributed by atoms with Crippen LogP contribution in [0.25, 0.3) is 0 Å². The summed E-state index contributed by atoms with van der Waals surface area (Å²) >= 11 is 0. The van der Waals surface area contributed by atoms with Crippen molar-refractivity contribution in [2.24, 2.45) is 4.99 Å². The van der Waals surface area contributed by atoms with Gasteiger partial charge >= 0.3 is 48.1 Å². The molecule has 2 unspecified atom stereocenters. The van der Waals surface area contributed by atoms with Crippen LogP contribution >= 0.6 is 0 Å². The second-order valence-electron chi connectivity index (χ2n) is 22.8. The SMILES string of the molecule is CC(C)(C)OC(=O)CC(NC(=O)CN(C(=O)OCc1ccc(OC(=O)c2ccc(NC(=NC(=O)OC(C)(C)C)NC(=O)OC(C)(C)C)cc2)cc1)C(CC(=O)OC(C)(C)C)C(=O)OC(C)(C)C)C(=O)OC(C)(C)C. The molecule has 2 atom stereocenters. The van der Waals surface area contributed by atoms with Gasteiger partial charge in [0.15, 0.2) is 0 Å². The van der Waals surface area contributed by atoms with Crippen molar-refractivity contribution >= 4 is 65.7 Å². The molecule has 74 heavy (non-hydrogen) atoms. The van der Waals surface area contributed by atoms with Gasteiger partial charge in [-0.2, -0.15) is 0 Å². The molecule has 2 rings (SSSR count). The fourth-order valence-corrected chi connectivity index (χ4v) is 5.78. The highest BCUT2D eigenvalue weighted by atomic mass is 16.6. The van der Waals surface area contributed by atoms with Crippen molar-refractivity contribution < 1.29 is 81.0 Å². The number of benzene rings is 2. The Bertz CT molecular complexity index is 2360. The van der Waals surface area contributed by atoms with Crippen LogP contribution in [0.2, 0.25) is 0 Å². The summed E-state index contributed by atoms with van der Waals surface area (Å²) < 4.78 is 43.5. The van der Waals surface area contributed by atoms with Crippen LogP contribution in [-0.4, -0.2) is 117 Å². The third-order valence-corrected chi connectivity index (χ3v) is 8.30. The van der Waals surface area contributed by atoms with Gasteiger partial charge in [-0.15, -0.1) is 4.99 Å². The first kappa shape index (κ1) is 62.9. The minimum Gasteiger partial charge on any atom is -0.460 e. The number of carbonyl (C=O) groups is 9. The van der Waals surface area contributed by atoms with Gasteiger partial charge < -0.3 is 48.5 Å². The maximum absolute atomic E-state index is 14.1. The van der Waals surface area contributed by atoms with Crippen molar-refractivity contribution in [3.63, 3.8) is 0 Å². The Balaban J connectivity index is 2.39. The number of ether oxygens (including phenoxy) is 8. The molecule has 22 heteroatoms. The van der Waals surface area contributed by atoms with E-state index >= 15 is 0 Å². The van der Waals surface area contributed by atoms with E-state index in [9.17, 15) is 43.2 Å². The zero-order valence-corrected chi connectivity index (χ0v) is 45.9. The van der Waals surface area contributed by atoms with Crippen LogP contribution in [-0.2, 0) is 63.7 Å². The van der Waals surface area contributed by atoms with Gasteiger partial charge in [0.1, 0.15) is 64.6 Å². The number of hydrogen-bond acceptors (Lipinski definition) is 17. The number of aliphatic imine (C=N–C) groups is 1. The molecule has 0 aliphatic heterocycles. The average molecular weight is 1040 g/mol. The molecule has 0 heterocycles. The molecule has 0 aromatic heterocycles. The molecule has 0 saturated heterocycles. The van der Waals surface area contributed by atoms with Gasteiger partial charge in [-0.1, -0.05) is 12.1 Å². The zero-order chi connectivity index (χ0) is 56.8. The van der Waals surface area contributed by atoms with Gasteiger partial charge in [0.05, 0.1) is 18.4 Å². The molecule has 0 bridgehead atoms. The monoisotopic (exact) mass is 1040 g/mol. The molecule has 3 N–H and O–H groups in total. The Hall–Kier alpha value is -7.26. The molecule has 410 valence electrons. The summed E-state index contributed by atoms with van der Waals surface area (Å²) in [6.07, 6.45) is -4.59. The molecule has 4 amide bonds. The zero-order valence-electron chi connectivity index (χ0n) is 45.9. The molecular weight excluding hydrogens is 967 g/mol. The smallest absolute Gasteiger partial charge is 0.437 e. The number of nitrogens with zero attached hydrogens (tertiary/aromatic N) is 2. The van der Waals surface area contributed by atoms with Crippen LogP contribution in [0, 0.1) is 0 Å². The molecule has 0 radical (unpaired) electrons.